The number of carbonyl (C=O) groups is 2. The summed E-state index contributed by atoms with van der Waals surface area (Å²) in [6.07, 6.45) is 5.02. The number of carbonyl (C=O) groups excluding carboxylic acids is 2. The highest BCUT2D eigenvalue weighted by Crippen LogP contribution is 2.59. The summed E-state index contributed by atoms with van der Waals surface area (Å²) in [5.74, 6) is 3.55. The van der Waals surface area contributed by atoms with Gasteiger partial charge in [-0.3, -0.25) is 9.80 Å². The lowest BCUT2D eigenvalue weighted by atomic mass is 9.94. The van der Waals surface area contributed by atoms with Crippen molar-refractivity contribution in [3.8, 4) is 33.6 Å². The zero-order chi connectivity index (χ0) is 37.8. The molecule has 8 atom stereocenters. The quantitative estimate of drug-likeness (QED) is 0.186. The van der Waals surface area contributed by atoms with Crippen LogP contribution in [0.2, 0.25) is 0 Å². The number of piperidine rings is 2. The van der Waals surface area contributed by atoms with Crippen LogP contribution in [-0.4, -0.2) is 65.2 Å². The number of aromatic nitrogens is 4. The summed E-state index contributed by atoms with van der Waals surface area (Å²) in [6, 6.07) is 21.5. The van der Waals surface area contributed by atoms with Crippen LogP contribution in [-0.2, 0) is 9.47 Å². The van der Waals surface area contributed by atoms with E-state index in [9.17, 15) is 9.59 Å². The molecule has 0 bridgehead atoms. The molecule has 2 aromatic heterocycles. The smallest absolute Gasteiger partial charge is 0.411 e. The molecule has 2 N–H and O–H groups in total. The van der Waals surface area contributed by atoms with Crippen molar-refractivity contribution in [2.45, 2.75) is 104 Å². The van der Waals surface area contributed by atoms with Crippen molar-refractivity contribution in [3.63, 3.8) is 0 Å². The number of likely N-dealkylation sites (tertiary alicyclic amines) is 2. The number of H-pyrrole nitrogens is 2. The van der Waals surface area contributed by atoms with E-state index in [1.807, 2.05) is 63.7 Å². The summed E-state index contributed by atoms with van der Waals surface area (Å²) >= 11 is 0. The maximum absolute atomic E-state index is 13.3. The minimum Gasteiger partial charge on any atom is -0.444 e. The summed E-state index contributed by atoms with van der Waals surface area (Å²) in [7, 11) is 0. The molecule has 2 amide bonds. The van der Waals surface area contributed by atoms with Crippen molar-refractivity contribution in [3.05, 3.63) is 84.7 Å². The van der Waals surface area contributed by atoms with Crippen LogP contribution in [0.15, 0.2) is 73.1 Å². The lowest BCUT2D eigenvalue weighted by Gasteiger charge is -2.30. The molecule has 4 fully saturated rings. The van der Waals surface area contributed by atoms with Crippen LogP contribution in [0, 0.1) is 23.7 Å². The third-order valence-electron chi connectivity index (χ3n) is 12.1. The first-order chi connectivity index (χ1) is 25.7. The number of imidazole rings is 2. The highest BCUT2D eigenvalue weighted by Gasteiger charge is 2.62. The molecule has 54 heavy (non-hydrogen) atoms. The van der Waals surface area contributed by atoms with Gasteiger partial charge in [0.25, 0.3) is 0 Å². The highest BCUT2D eigenvalue weighted by atomic mass is 16.6. The van der Waals surface area contributed by atoms with Crippen molar-refractivity contribution < 1.29 is 19.1 Å². The number of nitrogens with one attached hydrogen (secondary N) is 2. The molecule has 2 aliphatic heterocycles. The van der Waals surface area contributed by atoms with Crippen LogP contribution in [0.1, 0.15) is 92.0 Å². The third-order valence-corrected chi connectivity index (χ3v) is 12.1. The maximum Gasteiger partial charge on any atom is 0.411 e. The van der Waals surface area contributed by atoms with E-state index in [1.54, 1.807) is 0 Å². The first-order valence-corrected chi connectivity index (χ1v) is 19.4. The molecule has 0 spiro atoms. The van der Waals surface area contributed by atoms with E-state index in [-0.39, 0.29) is 36.4 Å². The van der Waals surface area contributed by atoms with Crippen molar-refractivity contribution in [1.29, 1.82) is 0 Å². The Kier molecular flexibility index (Phi) is 7.82. The van der Waals surface area contributed by atoms with Crippen LogP contribution >= 0.6 is 0 Å². The number of hydrogen-bond acceptors (Lipinski definition) is 6. The van der Waals surface area contributed by atoms with E-state index in [0.29, 0.717) is 23.7 Å². The predicted octanol–water partition coefficient (Wildman–Crippen LogP) is 9.92. The monoisotopic (exact) mass is 726 g/mol. The Morgan fingerprint density at radius 3 is 1.59 bits per heavy atom. The van der Waals surface area contributed by atoms with Crippen LogP contribution in [0.25, 0.3) is 44.4 Å². The molecular formula is C44H50N6O4. The van der Waals surface area contributed by atoms with Gasteiger partial charge in [0.05, 0.1) is 35.9 Å². The molecule has 4 heterocycles. The number of amides is 2. The molecule has 2 saturated carbocycles. The second-order valence-corrected chi connectivity index (χ2v) is 18.0. The molecule has 5 aromatic rings. The van der Waals surface area contributed by atoms with Gasteiger partial charge in [0.1, 0.15) is 22.9 Å². The number of hydrogen-bond donors (Lipinski definition) is 2. The third kappa shape index (κ3) is 5.94. The van der Waals surface area contributed by atoms with Crippen LogP contribution in [0.5, 0.6) is 0 Å². The second kappa shape index (κ2) is 12.2. The van der Waals surface area contributed by atoms with Gasteiger partial charge in [0, 0.05) is 17.6 Å². The average Bonchev–Trinajstić information content (AvgIpc) is 3.61. The Balaban J connectivity index is 0.954. The summed E-state index contributed by atoms with van der Waals surface area (Å²) in [6.45, 7) is 15.9. The summed E-state index contributed by atoms with van der Waals surface area (Å²) in [4.78, 5) is 47.2. The van der Waals surface area contributed by atoms with Crippen molar-refractivity contribution in [2.75, 3.05) is 0 Å². The average molecular weight is 727 g/mol. The van der Waals surface area contributed by atoms with Gasteiger partial charge < -0.3 is 19.4 Å². The fraction of sp³-hybridized carbons (Fsp3) is 0.455. The van der Waals surface area contributed by atoms with Crippen molar-refractivity contribution in [2.24, 2.45) is 23.7 Å². The standard InChI is InChI=1S/C44H50N6O4/c1-23-31-19-35(49(37(23)31)41(51)53-43(3,4)5)39-45-21-33(47-39)26-17-15-25(16-18-26)27-11-9-13-29-28(27)12-10-14-30(29)34-22-46-40(48-34)36-20-32-24(2)38(32)50(36)42(52)54-44(6,7)8/h9-18,21-24,31-32,35-38H,19-20H2,1-8H3,(H,45,47)(H,46,48)/t23-,24-,31+,32+,35+,36+,37-,38-/m1/s1. The number of aromatic amines is 2. The highest BCUT2D eigenvalue weighted by molar-refractivity contribution is 6.04. The van der Waals surface area contributed by atoms with Gasteiger partial charge in [0.2, 0.25) is 0 Å². The van der Waals surface area contributed by atoms with Crippen LogP contribution in [0.4, 0.5) is 9.59 Å². The predicted molar refractivity (Wildman–Crippen MR) is 208 cm³/mol. The molecule has 0 radical (unpaired) electrons. The van der Waals surface area contributed by atoms with Gasteiger partial charge in [-0.25, -0.2) is 19.6 Å². The van der Waals surface area contributed by atoms with Crippen molar-refractivity contribution >= 4 is 23.0 Å². The van der Waals surface area contributed by atoms with Gasteiger partial charge in [-0.05, 0) is 106 Å². The molecular weight excluding hydrogens is 677 g/mol. The van der Waals surface area contributed by atoms with Gasteiger partial charge in [-0.2, -0.15) is 0 Å². The molecule has 4 aliphatic rings. The largest absolute Gasteiger partial charge is 0.444 e. The van der Waals surface area contributed by atoms with E-state index in [0.717, 1.165) is 68.9 Å². The Morgan fingerprint density at radius 1 is 0.630 bits per heavy atom. The summed E-state index contributed by atoms with van der Waals surface area (Å²) < 4.78 is 11.6. The Morgan fingerprint density at radius 2 is 1.07 bits per heavy atom. The molecule has 10 heteroatoms. The lowest BCUT2D eigenvalue weighted by molar-refractivity contribution is 0.0149. The van der Waals surface area contributed by atoms with Gasteiger partial charge in [-0.1, -0.05) is 74.5 Å². The maximum atomic E-state index is 13.3. The Bertz CT molecular complexity index is 2260. The zero-order valence-corrected chi connectivity index (χ0v) is 32.4. The van der Waals surface area contributed by atoms with E-state index in [2.05, 4.69) is 84.5 Å². The number of nitrogens with zero attached hydrogens (tertiary/aromatic N) is 4. The molecule has 2 aliphatic carbocycles. The second-order valence-electron chi connectivity index (χ2n) is 18.0. The van der Waals surface area contributed by atoms with E-state index >= 15 is 0 Å². The summed E-state index contributed by atoms with van der Waals surface area (Å²) in [5.41, 5.74) is 5.08. The molecule has 9 rings (SSSR count). The molecule has 10 nitrogen and oxygen atoms in total. The molecule has 0 unspecified atom stereocenters. The van der Waals surface area contributed by atoms with Gasteiger partial charge in [-0.15, -0.1) is 0 Å². The Labute approximate surface area is 316 Å². The number of fused-ring (bicyclic) bond motifs is 3. The number of benzene rings is 3. The van der Waals surface area contributed by atoms with E-state index < -0.39 is 11.2 Å². The van der Waals surface area contributed by atoms with Gasteiger partial charge >= 0.3 is 12.2 Å². The first kappa shape index (κ1) is 34.6. The van der Waals surface area contributed by atoms with E-state index in [1.165, 1.54) is 0 Å². The lowest BCUT2D eigenvalue weighted by Crippen LogP contribution is -2.39. The molecule has 3 aromatic carbocycles. The number of ether oxygens (including phenoxy) is 2. The molecule has 2 saturated heterocycles. The minimum absolute atomic E-state index is 0.119. The molecule has 280 valence electrons. The van der Waals surface area contributed by atoms with Crippen LogP contribution in [0.3, 0.4) is 0 Å². The van der Waals surface area contributed by atoms with Gasteiger partial charge in [0.15, 0.2) is 0 Å². The van der Waals surface area contributed by atoms with Crippen LogP contribution < -0.4 is 0 Å². The van der Waals surface area contributed by atoms with E-state index in [4.69, 9.17) is 19.4 Å². The SMILES string of the molecule is C[C@@H]1[C@@H]2C[C@@H](c3ncc(-c4ccc(-c5cccc6c(-c7cnc([C@@H]8C[C@H]9[C@@H](C)[C@H]9N8C(=O)OC(C)(C)C)[nH]7)cccc56)cc4)[nH]3)N(C(=O)OC(C)(C)C)[C@H]12. The topological polar surface area (TPSA) is 116 Å². The van der Waals surface area contributed by atoms with Crippen molar-refractivity contribution in [1.82, 2.24) is 29.7 Å². The Hall–Kier alpha value is -5.12. The zero-order valence-electron chi connectivity index (χ0n) is 32.4. The fourth-order valence-electron chi connectivity index (χ4n) is 9.37. The normalized spacial score (nSPS) is 27.2. The summed E-state index contributed by atoms with van der Waals surface area (Å²) in [5, 5.41) is 2.27. The first-order valence-electron chi connectivity index (χ1n) is 19.4. The fourth-order valence-corrected chi connectivity index (χ4v) is 9.37. The number of rotatable bonds is 5. The minimum atomic E-state index is -0.558.